The van der Waals surface area contributed by atoms with Gasteiger partial charge in [-0.3, -0.25) is 13.8 Å². The van der Waals surface area contributed by atoms with Gasteiger partial charge in [0.2, 0.25) is 0 Å². The van der Waals surface area contributed by atoms with E-state index in [0.29, 0.717) is 11.4 Å². The van der Waals surface area contributed by atoms with Gasteiger partial charge in [0.05, 0.1) is 12.2 Å². The first kappa shape index (κ1) is 14.6. The molecule has 1 aromatic heterocycles. The predicted molar refractivity (Wildman–Crippen MR) is 59.6 cm³/mol. The van der Waals surface area contributed by atoms with Gasteiger partial charge < -0.3 is 19.6 Å². The first-order chi connectivity index (χ1) is 7.51. The molecule has 0 radical (unpaired) electrons. The van der Waals surface area contributed by atoms with Gasteiger partial charge >= 0.3 is 15.2 Å². The van der Waals surface area contributed by atoms with Gasteiger partial charge in [-0.2, -0.15) is 5.10 Å². The predicted octanol–water partition coefficient (Wildman–Crippen LogP) is 0.181. The second kappa shape index (κ2) is 4.65. The zero-order valence-corrected chi connectivity index (χ0v) is 11.0. The van der Waals surface area contributed by atoms with Gasteiger partial charge in [-0.15, -0.1) is 0 Å². The van der Waals surface area contributed by atoms with E-state index in [1.165, 1.54) is 4.68 Å². The first-order valence-corrected chi connectivity index (χ1v) is 7.99. The second-order valence-electron chi connectivity index (χ2n) is 3.77. The molecule has 1 heterocycles. The van der Waals surface area contributed by atoms with E-state index in [0.717, 1.165) is 0 Å². The SMILES string of the molecule is Cc1cc(C)n(CC(P(=O)(O)O)P(=O)(O)O)n1. The Balaban J connectivity index is 3.08. The van der Waals surface area contributed by atoms with Crippen molar-refractivity contribution in [2.75, 3.05) is 0 Å². The summed E-state index contributed by atoms with van der Waals surface area (Å²) >= 11 is 0. The fourth-order valence-electron chi connectivity index (χ4n) is 1.42. The lowest BCUT2D eigenvalue weighted by molar-refractivity contribution is 0.329. The normalized spacial score (nSPS) is 13.4. The van der Waals surface area contributed by atoms with Crippen molar-refractivity contribution in [3.63, 3.8) is 0 Å². The highest BCUT2D eigenvalue weighted by atomic mass is 31.2. The number of hydrogen-bond acceptors (Lipinski definition) is 3. The largest absolute Gasteiger partial charge is 0.342 e. The van der Waals surface area contributed by atoms with E-state index in [9.17, 15) is 9.13 Å². The average molecular weight is 284 g/mol. The van der Waals surface area contributed by atoms with Crippen LogP contribution in [0.1, 0.15) is 11.4 Å². The van der Waals surface area contributed by atoms with Crippen LogP contribution in [0.5, 0.6) is 0 Å². The quantitative estimate of drug-likeness (QED) is 0.579. The Morgan fingerprint density at radius 1 is 1.24 bits per heavy atom. The summed E-state index contributed by atoms with van der Waals surface area (Å²) < 4.78 is 23.3. The lowest BCUT2D eigenvalue weighted by atomic mass is 10.4. The van der Waals surface area contributed by atoms with Gasteiger partial charge in [0.15, 0.2) is 5.40 Å². The van der Waals surface area contributed by atoms with Crippen molar-refractivity contribution in [1.82, 2.24) is 9.78 Å². The molecule has 0 spiro atoms. The Labute approximate surface area is 97.6 Å². The van der Waals surface area contributed by atoms with Gasteiger partial charge in [0.25, 0.3) is 0 Å². The molecule has 0 saturated carbocycles. The highest BCUT2D eigenvalue weighted by molar-refractivity contribution is 7.70. The highest BCUT2D eigenvalue weighted by Gasteiger charge is 2.43. The van der Waals surface area contributed by atoms with Gasteiger partial charge in [-0.1, -0.05) is 0 Å². The molecule has 0 aromatic carbocycles. The van der Waals surface area contributed by atoms with Crippen molar-refractivity contribution in [3.8, 4) is 0 Å². The van der Waals surface area contributed by atoms with Crippen molar-refractivity contribution in [3.05, 3.63) is 17.5 Å². The molecule has 0 saturated heterocycles. The number of aromatic nitrogens is 2. The van der Waals surface area contributed by atoms with Gasteiger partial charge in [0, 0.05) is 5.69 Å². The van der Waals surface area contributed by atoms with Crippen molar-refractivity contribution in [1.29, 1.82) is 0 Å². The summed E-state index contributed by atoms with van der Waals surface area (Å²) in [6.45, 7) is 2.79. The lowest BCUT2D eigenvalue weighted by Gasteiger charge is -2.19. The third-order valence-corrected chi connectivity index (χ3v) is 5.90. The molecular weight excluding hydrogens is 270 g/mol. The van der Waals surface area contributed by atoms with Crippen LogP contribution in [-0.4, -0.2) is 34.8 Å². The monoisotopic (exact) mass is 284 g/mol. The summed E-state index contributed by atoms with van der Waals surface area (Å²) in [6.07, 6.45) is 0. The van der Waals surface area contributed by atoms with Crippen LogP contribution in [0.2, 0.25) is 0 Å². The topological polar surface area (TPSA) is 133 Å². The van der Waals surface area contributed by atoms with Gasteiger partial charge in [-0.05, 0) is 19.9 Å². The summed E-state index contributed by atoms with van der Waals surface area (Å²) in [6, 6.07) is 1.65. The van der Waals surface area contributed by atoms with Crippen LogP contribution in [0.25, 0.3) is 0 Å². The summed E-state index contributed by atoms with van der Waals surface area (Å²) in [5, 5.41) is 1.84. The van der Waals surface area contributed by atoms with Crippen molar-refractivity contribution in [2.24, 2.45) is 0 Å². The fourth-order valence-corrected chi connectivity index (χ4v) is 3.73. The van der Waals surface area contributed by atoms with E-state index in [2.05, 4.69) is 5.10 Å². The maximum Gasteiger partial charge on any atom is 0.342 e. The van der Waals surface area contributed by atoms with Crippen LogP contribution < -0.4 is 0 Å². The maximum atomic E-state index is 11.1. The Morgan fingerprint density at radius 3 is 2.00 bits per heavy atom. The lowest BCUT2D eigenvalue weighted by Crippen LogP contribution is -2.19. The number of hydrogen-bond donors (Lipinski definition) is 4. The standard InChI is InChI=1S/C7H14N2O6P2/c1-5-3-6(2)9(8-5)4-7(16(10,11)12)17(13,14)15/h3,7H,4H2,1-2H3,(H2,10,11,12)(H2,13,14,15). The first-order valence-electron chi connectivity index (χ1n) is 4.63. The van der Waals surface area contributed by atoms with E-state index in [1.54, 1.807) is 19.9 Å². The van der Waals surface area contributed by atoms with Gasteiger partial charge in [-0.25, -0.2) is 0 Å². The molecule has 17 heavy (non-hydrogen) atoms. The molecule has 4 N–H and O–H groups in total. The molecule has 0 atom stereocenters. The zero-order valence-electron chi connectivity index (χ0n) is 9.26. The molecule has 0 aliphatic carbocycles. The van der Waals surface area contributed by atoms with E-state index in [1.807, 2.05) is 0 Å². The summed E-state index contributed by atoms with van der Waals surface area (Å²) in [7, 11) is -9.79. The third kappa shape index (κ3) is 3.74. The van der Waals surface area contributed by atoms with Crippen LogP contribution in [0.3, 0.4) is 0 Å². The smallest absolute Gasteiger partial charge is 0.324 e. The minimum absolute atomic E-state index is 0.520. The van der Waals surface area contributed by atoms with Crippen molar-refractivity contribution in [2.45, 2.75) is 25.8 Å². The molecule has 98 valence electrons. The molecule has 0 aliphatic heterocycles. The van der Waals surface area contributed by atoms with E-state index in [4.69, 9.17) is 19.6 Å². The fraction of sp³-hybridized carbons (Fsp3) is 0.571. The Kier molecular flexibility index (Phi) is 3.98. The minimum Gasteiger partial charge on any atom is -0.324 e. The van der Waals surface area contributed by atoms with E-state index in [-0.39, 0.29) is 0 Å². The highest BCUT2D eigenvalue weighted by Crippen LogP contribution is 2.60. The average Bonchev–Trinajstić information content (AvgIpc) is 2.36. The summed E-state index contributed by atoms with van der Waals surface area (Å²) in [5.74, 6) is 0. The Morgan fingerprint density at radius 2 is 1.71 bits per heavy atom. The van der Waals surface area contributed by atoms with Crippen LogP contribution in [-0.2, 0) is 15.7 Å². The van der Waals surface area contributed by atoms with Crippen LogP contribution in [0, 0.1) is 13.8 Å². The number of aryl methyl sites for hydroxylation is 2. The van der Waals surface area contributed by atoms with E-state index < -0.39 is 27.1 Å². The Hall–Kier alpha value is -0.490. The summed E-state index contributed by atoms with van der Waals surface area (Å²) in [4.78, 5) is 35.8. The molecule has 0 bridgehead atoms. The van der Waals surface area contributed by atoms with Crippen LogP contribution >= 0.6 is 15.2 Å². The molecule has 8 nitrogen and oxygen atoms in total. The molecule has 1 aromatic rings. The maximum absolute atomic E-state index is 11.1. The van der Waals surface area contributed by atoms with Crippen LogP contribution in [0.15, 0.2) is 6.07 Å². The second-order valence-corrected chi connectivity index (χ2v) is 7.78. The molecule has 0 fully saturated rings. The molecule has 10 heteroatoms. The minimum atomic E-state index is -4.90. The molecule has 1 rings (SSSR count). The van der Waals surface area contributed by atoms with Crippen molar-refractivity contribution < 1.29 is 28.7 Å². The molecule has 0 unspecified atom stereocenters. The summed E-state index contributed by atoms with van der Waals surface area (Å²) in [5.41, 5.74) is 1.19. The third-order valence-electron chi connectivity index (χ3n) is 2.22. The van der Waals surface area contributed by atoms with Crippen molar-refractivity contribution >= 4 is 15.2 Å². The van der Waals surface area contributed by atoms with E-state index >= 15 is 0 Å². The van der Waals surface area contributed by atoms with Gasteiger partial charge in [0.1, 0.15) is 0 Å². The molecular formula is C7H14N2O6P2. The Bertz CT molecular complexity index is 478. The number of rotatable bonds is 4. The number of nitrogens with zero attached hydrogens (tertiary/aromatic N) is 2. The zero-order chi connectivity index (χ0) is 13.4. The van der Waals surface area contributed by atoms with Crippen LogP contribution in [0.4, 0.5) is 0 Å². The molecule has 0 amide bonds. The molecule has 0 aliphatic rings.